The maximum absolute atomic E-state index is 5.26. The van der Waals surface area contributed by atoms with Gasteiger partial charge in [-0.2, -0.15) is 0 Å². The summed E-state index contributed by atoms with van der Waals surface area (Å²) in [5, 5.41) is 7.92. The Balaban J connectivity index is 0.00000363. The Labute approximate surface area is 213 Å². The lowest BCUT2D eigenvalue weighted by Crippen LogP contribution is -2.47. The van der Waals surface area contributed by atoms with Crippen LogP contribution in [0.4, 0.5) is 5.69 Å². The molecule has 7 nitrogen and oxygen atoms in total. The number of aromatic nitrogens is 1. The lowest BCUT2D eigenvalue weighted by atomic mass is 10.2. The minimum Gasteiger partial charge on any atom is -0.497 e. The molecule has 1 fully saturated rings. The first-order valence-corrected chi connectivity index (χ1v) is 12.0. The van der Waals surface area contributed by atoms with Gasteiger partial charge in [-0.25, -0.2) is 9.98 Å². The van der Waals surface area contributed by atoms with Crippen molar-refractivity contribution in [3.63, 3.8) is 0 Å². The van der Waals surface area contributed by atoms with Gasteiger partial charge in [-0.1, -0.05) is 0 Å². The third kappa shape index (κ3) is 8.08. The summed E-state index contributed by atoms with van der Waals surface area (Å²) in [5.41, 5.74) is 2.37. The van der Waals surface area contributed by atoms with E-state index in [0.29, 0.717) is 6.54 Å². The van der Waals surface area contributed by atoms with Crippen LogP contribution in [0.25, 0.3) is 0 Å². The van der Waals surface area contributed by atoms with Crippen molar-refractivity contribution in [2.24, 2.45) is 4.99 Å². The fourth-order valence-corrected chi connectivity index (χ4v) is 4.61. The normalized spacial score (nSPS) is 14.8. The molecule has 0 spiro atoms. The number of rotatable bonds is 9. The SMILES string of the molecule is CCNC(=NCc1sc(C)nc1C)NCCCN1CCN(c2ccc(OC)cc2)CC1.I. The summed E-state index contributed by atoms with van der Waals surface area (Å²) in [7, 11) is 1.71. The van der Waals surface area contributed by atoms with Crippen molar-refractivity contribution < 1.29 is 4.74 Å². The zero-order valence-electron chi connectivity index (χ0n) is 19.7. The van der Waals surface area contributed by atoms with E-state index in [0.717, 1.165) is 74.6 Å². The van der Waals surface area contributed by atoms with Crippen LogP contribution in [0.3, 0.4) is 0 Å². The molecule has 0 atom stereocenters. The van der Waals surface area contributed by atoms with Gasteiger partial charge in [0.25, 0.3) is 0 Å². The summed E-state index contributed by atoms with van der Waals surface area (Å²) < 4.78 is 5.26. The van der Waals surface area contributed by atoms with Crippen molar-refractivity contribution in [2.75, 3.05) is 57.8 Å². The number of aryl methyl sites for hydroxylation is 2. The molecule has 0 aliphatic carbocycles. The Bertz CT molecular complexity index is 834. The number of ether oxygens (including phenoxy) is 1. The largest absolute Gasteiger partial charge is 0.497 e. The molecule has 178 valence electrons. The quantitative estimate of drug-likeness (QED) is 0.207. The summed E-state index contributed by atoms with van der Waals surface area (Å²) in [6.45, 7) is 14.1. The smallest absolute Gasteiger partial charge is 0.191 e. The van der Waals surface area contributed by atoms with Crippen molar-refractivity contribution >= 4 is 47.0 Å². The van der Waals surface area contributed by atoms with Gasteiger partial charge >= 0.3 is 0 Å². The molecule has 0 amide bonds. The third-order valence-electron chi connectivity index (χ3n) is 5.48. The van der Waals surface area contributed by atoms with Crippen LogP contribution >= 0.6 is 35.3 Å². The van der Waals surface area contributed by atoms with E-state index in [4.69, 9.17) is 9.73 Å². The molecule has 9 heteroatoms. The second-order valence-corrected chi connectivity index (χ2v) is 9.03. The molecule has 2 heterocycles. The monoisotopic (exact) mass is 572 g/mol. The van der Waals surface area contributed by atoms with E-state index < -0.39 is 0 Å². The minimum atomic E-state index is 0. The van der Waals surface area contributed by atoms with Crippen molar-refractivity contribution in [1.29, 1.82) is 0 Å². The number of thiazole rings is 1. The molecule has 2 N–H and O–H groups in total. The van der Waals surface area contributed by atoms with Crippen molar-refractivity contribution in [2.45, 2.75) is 33.7 Å². The Morgan fingerprint density at radius 3 is 2.44 bits per heavy atom. The molecular formula is C23H37IN6OS. The first kappa shape index (κ1) is 26.7. The highest BCUT2D eigenvalue weighted by Gasteiger charge is 2.16. The molecule has 0 radical (unpaired) electrons. The molecule has 1 saturated heterocycles. The van der Waals surface area contributed by atoms with Crippen molar-refractivity contribution in [3.8, 4) is 5.75 Å². The van der Waals surface area contributed by atoms with E-state index in [9.17, 15) is 0 Å². The molecular weight excluding hydrogens is 535 g/mol. The van der Waals surface area contributed by atoms with Gasteiger partial charge in [-0.05, 0) is 58.0 Å². The Morgan fingerprint density at radius 2 is 1.84 bits per heavy atom. The molecule has 0 saturated carbocycles. The van der Waals surface area contributed by atoms with Crippen LogP contribution in [0.15, 0.2) is 29.3 Å². The van der Waals surface area contributed by atoms with Gasteiger partial charge in [0.05, 0.1) is 24.4 Å². The molecule has 1 aromatic carbocycles. The summed E-state index contributed by atoms with van der Waals surface area (Å²) in [5.74, 6) is 1.80. The maximum atomic E-state index is 5.26. The van der Waals surface area contributed by atoms with Gasteiger partial charge in [-0.3, -0.25) is 4.90 Å². The zero-order chi connectivity index (χ0) is 22.1. The molecule has 0 unspecified atom stereocenters. The molecule has 3 rings (SSSR count). The number of aliphatic imine (C=N–C) groups is 1. The van der Waals surface area contributed by atoms with E-state index >= 15 is 0 Å². The fraction of sp³-hybridized carbons (Fsp3) is 0.565. The van der Waals surface area contributed by atoms with Gasteiger partial charge in [-0.15, -0.1) is 35.3 Å². The number of anilines is 1. The number of nitrogens with one attached hydrogen (secondary N) is 2. The van der Waals surface area contributed by atoms with Crippen LogP contribution in [0, 0.1) is 13.8 Å². The van der Waals surface area contributed by atoms with Crippen molar-refractivity contribution in [3.05, 3.63) is 39.8 Å². The number of nitrogens with zero attached hydrogens (tertiary/aromatic N) is 4. The van der Waals surface area contributed by atoms with Gasteiger partial charge in [0.15, 0.2) is 5.96 Å². The van der Waals surface area contributed by atoms with Crippen LogP contribution in [-0.4, -0.2) is 68.8 Å². The van der Waals surface area contributed by atoms with Crippen LogP contribution < -0.4 is 20.3 Å². The van der Waals surface area contributed by atoms with Crippen LogP contribution in [0.2, 0.25) is 0 Å². The third-order valence-corrected chi connectivity index (χ3v) is 6.54. The Hall–Kier alpha value is -1.59. The van der Waals surface area contributed by atoms with Gasteiger partial charge < -0.3 is 20.3 Å². The van der Waals surface area contributed by atoms with E-state index in [2.05, 4.69) is 51.4 Å². The average Bonchev–Trinajstić information content (AvgIpc) is 3.12. The number of piperazine rings is 1. The lowest BCUT2D eigenvalue weighted by molar-refractivity contribution is 0.255. The standard InChI is InChI=1S/C23H36N6OS.HI/c1-5-24-23(26-17-22-18(2)27-19(3)31-22)25-11-6-12-28-13-15-29(16-14-28)20-7-9-21(30-4)10-8-20;/h7-10H,5-6,11-17H2,1-4H3,(H2,24,25,26);1H. The minimum absolute atomic E-state index is 0. The molecule has 1 aliphatic heterocycles. The van der Waals surface area contributed by atoms with Gasteiger partial charge in [0.2, 0.25) is 0 Å². The molecule has 0 bridgehead atoms. The molecule has 32 heavy (non-hydrogen) atoms. The van der Waals surface area contributed by atoms with Gasteiger partial charge in [0, 0.05) is 49.8 Å². The Kier molecular flexibility index (Phi) is 11.5. The second kappa shape index (κ2) is 13.8. The summed E-state index contributed by atoms with van der Waals surface area (Å²) in [6, 6.07) is 8.37. The number of halogens is 1. The number of benzene rings is 1. The highest BCUT2D eigenvalue weighted by molar-refractivity contribution is 14.0. The molecule has 2 aromatic rings. The average molecular weight is 573 g/mol. The number of hydrogen-bond donors (Lipinski definition) is 2. The first-order valence-electron chi connectivity index (χ1n) is 11.2. The van der Waals surface area contributed by atoms with E-state index in [1.54, 1.807) is 18.4 Å². The predicted molar refractivity (Wildman–Crippen MR) is 146 cm³/mol. The van der Waals surface area contributed by atoms with E-state index in [1.165, 1.54) is 10.6 Å². The topological polar surface area (TPSA) is 65.0 Å². The van der Waals surface area contributed by atoms with Crippen LogP contribution in [-0.2, 0) is 6.54 Å². The highest BCUT2D eigenvalue weighted by atomic mass is 127. The predicted octanol–water partition coefficient (Wildman–Crippen LogP) is 3.65. The van der Waals surface area contributed by atoms with Crippen LogP contribution in [0.5, 0.6) is 5.75 Å². The molecule has 1 aromatic heterocycles. The van der Waals surface area contributed by atoms with Crippen LogP contribution in [0.1, 0.15) is 28.9 Å². The van der Waals surface area contributed by atoms with E-state index in [-0.39, 0.29) is 24.0 Å². The first-order chi connectivity index (χ1) is 15.1. The summed E-state index contributed by atoms with van der Waals surface area (Å²) in [6.07, 6.45) is 1.10. The zero-order valence-corrected chi connectivity index (χ0v) is 22.8. The number of methoxy groups -OCH3 is 1. The summed E-state index contributed by atoms with van der Waals surface area (Å²) >= 11 is 1.73. The maximum Gasteiger partial charge on any atom is 0.191 e. The van der Waals surface area contributed by atoms with E-state index in [1.807, 2.05) is 19.1 Å². The fourth-order valence-electron chi connectivity index (χ4n) is 3.74. The molecule has 1 aliphatic rings. The van der Waals surface area contributed by atoms with Gasteiger partial charge in [0.1, 0.15) is 5.75 Å². The van der Waals surface area contributed by atoms with Crippen molar-refractivity contribution in [1.82, 2.24) is 20.5 Å². The highest BCUT2D eigenvalue weighted by Crippen LogP contribution is 2.20. The number of guanidine groups is 1. The summed E-state index contributed by atoms with van der Waals surface area (Å²) in [4.78, 5) is 15.5. The second-order valence-electron chi connectivity index (χ2n) is 7.74. The number of hydrogen-bond acceptors (Lipinski definition) is 6. The lowest BCUT2D eigenvalue weighted by Gasteiger charge is -2.36. The Morgan fingerprint density at radius 1 is 1.12 bits per heavy atom.